The van der Waals surface area contributed by atoms with Gasteiger partial charge in [-0.1, -0.05) is 62.2 Å². The predicted molar refractivity (Wildman–Crippen MR) is 223 cm³/mol. The average molecular weight is 884 g/mol. The smallest absolute Gasteiger partial charge is 0.408 e. The molecule has 61 heavy (non-hydrogen) atoms. The summed E-state index contributed by atoms with van der Waals surface area (Å²) >= 11 is 8.23. The van der Waals surface area contributed by atoms with Gasteiger partial charge < -0.3 is 44.3 Å². The fourth-order valence-corrected chi connectivity index (χ4v) is 9.79. The van der Waals surface area contributed by atoms with Gasteiger partial charge in [0.1, 0.15) is 63.5 Å². The van der Waals surface area contributed by atoms with E-state index in [4.69, 9.17) is 40.3 Å². The molecule has 3 amide bonds. The lowest BCUT2D eigenvalue weighted by atomic mass is 9.85. The van der Waals surface area contributed by atoms with E-state index in [0.717, 1.165) is 25.9 Å². The number of carboxylic acid groups (broad SMARTS) is 1. The average Bonchev–Trinajstić information content (AvgIpc) is 3.92. The molecular formula is C42H54ClN7O10S. The topological polar surface area (TPSA) is 204 Å². The zero-order valence-electron chi connectivity index (χ0n) is 35.1. The number of pyridine rings is 1. The highest BCUT2D eigenvalue weighted by Crippen LogP contribution is 2.52. The maximum atomic E-state index is 14.7. The molecule has 3 aromatic rings. The second-order valence-electron chi connectivity index (χ2n) is 18.0. The molecule has 1 aromatic carbocycles. The van der Waals surface area contributed by atoms with Gasteiger partial charge in [0.05, 0.1) is 19.8 Å². The van der Waals surface area contributed by atoms with Crippen molar-refractivity contribution in [3.05, 3.63) is 28.2 Å². The van der Waals surface area contributed by atoms with Crippen LogP contribution in [0.25, 0.3) is 10.9 Å². The third-order valence-corrected chi connectivity index (χ3v) is 13.7. The molecule has 5 aliphatic rings. The molecule has 2 aromatic heterocycles. The van der Waals surface area contributed by atoms with Crippen molar-refractivity contribution in [2.75, 3.05) is 46.0 Å². The molecule has 1 unspecified atom stereocenters. The Morgan fingerprint density at radius 1 is 1.07 bits per heavy atom. The number of aromatic nitrogens is 3. The van der Waals surface area contributed by atoms with E-state index >= 15 is 0 Å². The Morgan fingerprint density at radius 3 is 2.48 bits per heavy atom. The Kier molecular flexibility index (Phi) is 12.3. The Hall–Kier alpha value is -4.52. The van der Waals surface area contributed by atoms with Crippen molar-refractivity contribution in [2.24, 2.45) is 23.2 Å². The highest BCUT2D eigenvalue weighted by atomic mass is 35.5. The maximum absolute atomic E-state index is 14.7. The van der Waals surface area contributed by atoms with E-state index < -0.39 is 53.0 Å². The van der Waals surface area contributed by atoms with E-state index in [0.29, 0.717) is 72.0 Å². The number of rotatable bonds is 15. The van der Waals surface area contributed by atoms with Crippen molar-refractivity contribution in [2.45, 2.75) is 103 Å². The number of ether oxygens (including phenoxy) is 5. The minimum absolute atomic E-state index is 0.0162. The van der Waals surface area contributed by atoms with E-state index in [2.05, 4.69) is 25.7 Å². The summed E-state index contributed by atoms with van der Waals surface area (Å²) in [7, 11) is 0. The van der Waals surface area contributed by atoms with E-state index in [-0.39, 0.29) is 47.5 Å². The number of fused-ring (bicyclic) bond motifs is 2. The zero-order valence-corrected chi connectivity index (χ0v) is 36.7. The van der Waals surface area contributed by atoms with Gasteiger partial charge in [-0.05, 0) is 67.9 Å². The standard InChI is InChI=1S/C42H54ClN7O10S/c1-6-25-20-42(25,38(53)54)46-36(51)29-18-27(21-50(29)37(52)35(41(3,4)5)45-39(55)59-26-16-23-15-24(23)17-26)58-31-19-32(60-40-48-47-22(2)61-40)44-34-28(31)7-8-30(33(34)43)57-14-11-49-9-12-56-13-10-49/h7-8,19,23-27,29,35H,6,9-18,20-21H2,1-5H3,(H,45,55)(H,46,51)(H,53,54)/t23-,24+,25-,26?,27-,29+,35-,42-/m1/s1. The van der Waals surface area contributed by atoms with Crippen molar-refractivity contribution in [3.8, 4) is 22.6 Å². The quantitative estimate of drug-likeness (QED) is 0.180. The third kappa shape index (κ3) is 9.46. The van der Waals surface area contributed by atoms with Gasteiger partial charge in [-0.3, -0.25) is 14.5 Å². The van der Waals surface area contributed by atoms with Crippen molar-refractivity contribution < 1.29 is 48.0 Å². The minimum atomic E-state index is -1.43. The van der Waals surface area contributed by atoms with Crippen LogP contribution in [0.2, 0.25) is 5.02 Å². The van der Waals surface area contributed by atoms with Gasteiger partial charge in [0, 0.05) is 37.5 Å². The van der Waals surface area contributed by atoms with Crippen LogP contribution >= 0.6 is 22.9 Å². The van der Waals surface area contributed by atoms with Gasteiger partial charge in [0.15, 0.2) is 0 Å². The van der Waals surface area contributed by atoms with E-state index in [1.807, 2.05) is 27.7 Å². The van der Waals surface area contributed by atoms with Crippen LogP contribution in [0, 0.1) is 30.1 Å². The van der Waals surface area contributed by atoms with Crippen LogP contribution in [-0.4, -0.2) is 130 Å². The highest BCUT2D eigenvalue weighted by molar-refractivity contribution is 7.13. The van der Waals surface area contributed by atoms with Crippen LogP contribution in [-0.2, 0) is 23.9 Å². The molecule has 0 radical (unpaired) electrons. The minimum Gasteiger partial charge on any atom is -0.491 e. The highest BCUT2D eigenvalue weighted by Gasteiger charge is 2.61. The first-order valence-corrected chi connectivity index (χ1v) is 22.3. The van der Waals surface area contributed by atoms with Crippen LogP contribution in [0.4, 0.5) is 4.79 Å². The van der Waals surface area contributed by atoms with Gasteiger partial charge in [-0.2, -0.15) is 0 Å². The number of nitrogens with zero attached hydrogens (tertiary/aromatic N) is 5. The Morgan fingerprint density at radius 2 is 1.82 bits per heavy atom. The van der Waals surface area contributed by atoms with Crippen molar-refractivity contribution in [1.29, 1.82) is 0 Å². The molecule has 3 aliphatic carbocycles. The molecule has 8 atom stereocenters. The number of aryl methyl sites for hydroxylation is 1. The molecule has 8 rings (SSSR count). The summed E-state index contributed by atoms with van der Waals surface area (Å²) < 4.78 is 30.1. The number of alkyl carbamates (subject to hydrolysis) is 1. The lowest BCUT2D eigenvalue weighted by Crippen LogP contribution is -2.59. The molecule has 17 nitrogen and oxygen atoms in total. The number of nitrogens with one attached hydrogen (secondary N) is 2. The molecule has 330 valence electrons. The van der Waals surface area contributed by atoms with Gasteiger partial charge >= 0.3 is 17.3 Å². The summed E-state index contributed by atoms with van der Waals surface area (Å²) in [4.78, 5) is 63.1. The van der Waals surface area contributed by atoms with E-state index in [1.165, 1.54) is 22.7 Å². The Labute approximate surface area is 363 Å². The van der Waals surface area contributed by atoms with Gasteiger partial charge in [-0.25, -0.2) is 14.6 Å². The fraction of sp³-hybridized carbons (Fsp3) is 0.643. The first-order chi connectivity index (χ1) is 29.1. The number of carbonyl (C=O) groups excluding carboxylic acids is 3. The first-order valence-electron chi connectivity index (χ1n) is 21.2. The number of aliphatic carboxylic acids is 1. The summed E-state index contributed by atoms with van der Waals surface area (Å²) in [5.74, 6) is -0.478. The molecule has 2 aliphatic heterocycles. The maximum Gasteiger partial charge on any atom is 0.408 e. The molecule has 3 saturated carbocycles. The Balaban J connectivity index is 1.07. The number of carboxylic acids is 1. The fourth-order valence-electron chi connectivity index (χ4n) is 8.99. The number of benzene rings is 1. The molecule has 4 heterocycles. The Bertz CT molecular complexity index is 2150. The number of morpholine rings is 1. The number of hydrogen-bond acceptors (Lipinski definition) is 14. The van der Waals surface area contributed by atoms with Crippen LogP contribution < -0.4 is 24.8 Å². The van der Waals surface area contributed by atoms with E-state index in [9.17, 15) is 24.3 Å². The molecule has 3 N–H and O–H groups in total. The third-order valence-electron chi connectivity index (χ3n) is 12.6. The molecule has 0 bridgehead atoms. The lowest BCUT2D eigenvalue weighted by Gasteiger charge is -2.35. The largest absolute Gasteiger partial charge is 0.491 e. The lowest BCUT2D eigenvalue weighted by molar-refractivity contribution is -0.146. The monoisotopic (exact) mass is 883 g/mol. The van der Waals surface area contributed by atoms with Gasteiger partial charge in [0.25, 0.3) is 0 Å². The number of likely N-dealkylation sites (tertiary alicyclic amines) is 1. The van der Waals surface area contributed by atoms with Crippen molar-refractivity contribution in [1.82, 2.24) is 35.6 Å². The number of hydrogen-bond donors (Lipinski definition) is 3. The number of amides is 3. The normalized spacial score (nSPS) is 27.5. The molecular weight excluding hydrogens is 830 g/mol. The van der Waals surface area contributed by atoms with Crippen LogP contribution in [0.3, 0.4) is 0 Å². The van der Waals surface area contributed by atoms with Crippen LogP contribution in [0.15, 0.2) is 18.2 Å². The van der Waals surface area contributed by atoms with Crippen LogP contribution in [0.1, 0.15) is 71.2 Å². The second-order valence-corrected chi connectivity index (χ2v) is 19.5. The van der Waals surface area contributed by atoms with Gasteiger partial charge in [0.2, 0.25) is 17.7 Å². The number of carbonyl (C=O) groups is 4. The van der Waals surface area contributed by atoms with Crippen molar-refractivity contribution >= 4 is 57.7 Å². The SMILES string of the molecule is CC[C@@H]1C[C@]1(NC(=O)[C@@H]1C[C@@H](Oc2cc(Oc3nnc(C)s3)nc3c(Cl)c(OCCN4CCOCC4)ccc23)CN1C(=O)[C@@H](NC(=O)OC1C[C@@H]2C[C@@H]2C1)C(C)(C)C)C(=O)O. The summed E-state index contributed by atoms with van der Waals surface area (Å²) in [6, 6.07) is 2.90. The molecule has 5 fully saturated rings. The summed E-state index contributed by atoms with van der Waals surface area (Å²) in [5.41, 5.74) is -1.89. The van der Waals surface area contributed by atoms with Crippen molar-refractivity contribution in [3.63, 3.8) is 0 Å². The summed E-state index contributed by atoms with van der Waals surface area (Å²) in [6.07, 6.45) is 1.99. The van der Waals surface area contributed by atoms with Gasteiger partial charge in [-0.15, -0.1) is 5.10 Å². The second kappa shape index (κ2) is 17.3. The summed E-state index contributed by atoms with van der Waals surface area (Å²) in [5, 5.41) is 25.6. The molecule has 2 saturated heterocycles. The molecule has 19 heteroatoms. The van der Waals surface area contributed by atoms with E-state index in [1.54, 1.807) is 25.1 Å². The first kappa shape index (κ1) is 43.1. The predicted octanol–water partition coefficient (Wildman–Crippen LogP) is 5.21. The number of halogens is 1. The van der Waals surface area contributed by atoms with Crippen LogP contribution in [0.5, 0.6) is 22.6 Å². The summed E-state index contributed by atoms with van der Waals surface area (Å²) in [6.45, 7) is 13.1. The zero-order chi connectivity index (χ0) is 43.2. The molecule has 0 spiro atoms.